The zero-order valence-corrected chi connectivity index (χ0v) is 10.5. The number of anilines is 1. The number of benzene rings is 1. The molecule has 1 aliphatic heterocycles. The second-order valence-electron chi connectivity index (χ2n) is 4.78. The van der Waals surface area contributed by atoms with Gasteiger partial charge in [-0.3, -0.25) is 0 Å². The van der Waals surface area contributed by atoms with Gasteiger partial charge in [-0.15, -0.1) is 0 Å². The fourth-order valence-corrected chi connectivity index (χ4v) is 2.12. The van der Waals surface area contributed by atoms with E-state index in [2.05, 4.69) is 17.9 Å². The molecule has 0 aliphatic carbocycles. The number of phenols is 1. The quantitative estimate of drug-likeness (QED) is 0.770. The van der Waals surface area contributed by atoms with Gasteiger partial charge in [0.05, 0.1) is 0 Å². The molecular formula is C14H20N2O. The van der Waals surface area contributed by atoms with E-state index in [9.17, 15) is 5.11 Å². The van der Waals surface area contributed by atoms with Crippen molar-refractivity contribution in [3.8, 4) is 5.75 Å². The highest BCUT2D eigenvalue weighted by molar-refractivity contribution is 5.55. The molecule has 1 aromatic rings. The normalized spacial score (nSPS) is 17.8. The predicted molar refractivity (Wildman–Crippen MR) is 71.3 cm³/mol. The van der Waals surface area contributed by atoms with E-state index < -0.39 is 0 Å². The van der Waals surface area contributed by atoms with Gasteiger partial charge in [0.15, 0.2) is 0 Å². The summed E-state index contributed by atoms with van der Waals surface area (Å²) in [6, 6.07) is 5.63. The topological polar surface area (TPSA) is 49.5 Å². The molecule has 3 heteroatoms. The number of nitrogens with two attached hydrogens (primary N) is 1. The summed E-state index contributed by atoms with van der Waals surface area (Å²) in [5.74, 6) is 0.295. The molecule has 0 radical (unpaired) electrons. The van der Waals surface area contributed by atoms with Crippen LogP contribution in [0.25, 0.3) is 0 Å². The molecule has 0 saturated carbocycles. The Labute approximate surface area is 103 Å². The van der Waals surface area contributed by atoms with Crippen LogP contribution in [0.5, 0.6) is 5.75 Å². The maximum atomic E-state index is 9.92. The third kappa shape index (κ3) is 2.61. The van der Waals surface area contributed by atoms with Gasteiger partial charge in [-0.1, -0.05) is 17.7 Å². The molecular weight excluding hydrogens is 212 g/mol. The van der Waals surface area contributed by atoms with E-state index in [4.69, 9.17) is 5.73 Å². The van der Waals surface area contributed by atoms with Crippen LogP contribution >= 0.6 is 0 Å². The molecule has 2 rings (SSSR count). The fraction of sp³-hybridized carbons (Fsp3) is 0.429. The van der Waals surface area contributed by atoms with Gasteiger partial charge in [0.25, 0.3) is 0 Å². The van der Waals surface area contributed by atoms with Gasteiger partial charge >= 0.3 is 0 Å². The number of rotatable bonds is 2. The Morgan fingerprint density at radius 2 is 2.18 bits per heavy atom. The molecule has 1 atom stereocenters. The number of aromatic hydroxyl groups is 1. The Kier molecular flexibility index (Phi) is 3.38. The predicted octanol–water partition coefficient (Wildman–Crippen LogP) is 2.57. The number of nitrogens with zero attached hydrogens (tertiary/aromatic N) is 1. The van der Waals surface area contributed by atoms with E-state index in [1.807, 2.05) is 25.1 Å². The summed E-state index contributed by atoms with van der Waals surface area (Å²) in [4.78, 5) is 2.26. The zero-order chi connectivity index (χ0) is 12.4. The summed E-state index contributed by atoms with van der Waals surface area (Å²) < 4.78 is 0. The molecule has 1 heterocycles. The Morgan fingerprint density at radius 1 is 1.41 bits per heavy atom. The average molecular weight is 232 g/mol. The van der Waals surface area contributed by atoms with Gasteiger partial charge < -0.3 is 15.7 Å². The first-order valence-corrected chi connectivity index (χ1v) is 6.07. The molecule has 1 aliphatic rings. The van der Waals surface area contributed by atoms with Crippen LogP contribution in [0.1, 0.15) is 31.9 Å². The zero-order valence-electron chi connectivity index (χ0n) is 10.5. The maximum Gasteiger partial charge on any atom is 0.122 e. The number of hydrogen-bond donors (Lipinski definition) is 2. The molecule has 0 amide bonds. The smallest absolute Gasteiger partial charge is 0.122 e. The summed E-state index contributed by atoms with van der Waals surface area (Å²) >= 11 is 0. The van der Waals surface area contributed by atoms with Crippen LogP contribution in [-0.4, -0.2) is 18.2 Å². The lowest BCUT2D eigenvalue weighted by Crippen LogP contribution is -2.28. The molecule has 1 unspecified atom stereocenters. The molecule has 0 saturated heterocycles. The van der Waals surface area contributed by atoms with Crippen molar-refractivity contribution < 1.29 is 5.11 Å². The van der Waals surface area contributed by atoms with Gasteiger partial charge in [0.2, 0.25) is 0 Å². The van der Waals surface area contributed by atoms with Gasteiger partial charge in [-0.25, -0.2) is 0 Å². The molecule has 92 valence electrons. The lowest BCUT2D eigenvalue weighted by atomic mass is 10.1. The maximum absolute atomic E-state index is 9.92. The van der Waals surface area contributed by atoms with E-state index in [1.54, 1.807) is 0 Å². The minimum Gasteiger partial charge on any atom is -0.508 e. The summed E-state index contributed by atoms with van der Waals surface area (Å²) in [5, 5.41) is 9.92. The van der Waals surface area contributed by atoms with Gasteiger partial charge in [-0.2, -0.15) is 0 Å². The molecule has 0 fully saturated rings. The highest BCUT2D eigenvalue weighted by Crippen LogP contribution is 2.29. The van der Waals surface area contributed by atoms with Crippen LogP contribution < -0.4 is 10.6 Å². The third-order valence-corrected chi connectivity index (χ3v) is 3.31. The molecule has 17 heavy (non-hydrogen) atoms. The first kappa shape index (κ1) is 12.0. The summed E-state index contributed by atoms with van der Waals surface area (Å²) in [6.07, 6.45) is 3.33. The van der Waals surface area contributed by atoms with Crippen LogP contribution in [0, 0.1) is 0 Å². The van der Waals surface area contributed by atoms with Crippen molar-refractivity contribution in [1.29, 1.82) is 0 Å². The van der Waals surface area contributed by atoms with Crippen molar-refractivity contribution in [2.24, 2.45) is 5.73 Å². The highest BCUT2D eigenvalue weighted by Gasteiger charge is 2.13. The largest absolute Gasteiger partial charge is 0.508 e. The van der Waals surface area contributed by atoms with Crippen molar-refractivity contribution in [3.05, 3.63) is 35.4 Å². The van der Waals surface area contributed by atoms with Crippen molar-refractivity contribution in [3.63, 3.8) is 0 Å². The minimum atomic E-state index is -0.132. The van der Waals surface area contributed by atoms with E-state index in [0.717, 1.165) is 30.8 Å². The minimum absolute atomic E-state index is 0.132. The van der Waals surface area contributed by atoms with E-state index in [1.165, 1.54) is 5.57 Å². The Bertz CT molecular complexity index is 438. The summed E-state index contributed by atoms with van der Waals surface area (Å²) in [5.41, 5.74) is 9.09. The fourth-order valence-electron chi connectivity index (χ4n) is 2.12. The molecule has 0 spiro atoms. The Balaban J connectivity index is 2.20. The second-order valence-corrected chi connectivity index (χ2v) is 4.78. The molecule has 1 aromatic carbocycles. The third-order valence-electron chi connectivity index (χ3n) is 3.31. The van der Waals surface area contributed by atoms with Gasteiger partial charge in [-0.05, 0) is 26.3 Å². The van der Waals surface area contributed by atoms with E-state index in [0.29, 0.717) is 5.75 Å². The van der Waals surface area contributed by atoms with Crippen LogP contribution in [0.3, 0.4) is 0 Å². The Morgan fingerprint density at radius 3 is 2.71 bits per heavy atom. The molecule has 3 nitrogen and oxygen atoms in total. The highest BCUT2D eigenvalue weighted by atomic mass is 16.3. The van der Waals surface area contributed by atoms with Crippen LogP contribution in [0.4, 0.5) is 5.69 Å². The van der Waals surface area contributed by atoms with Crippen molar-refractivity contribution >= 4 is 5.69 Å². The number of phenolic OH excluding ortho intramolecular Hbond substituents is 1. The van der Waals surface area contributed by atoms with Gasteiger partial charge in [0, 0.05) is 36.4 Å². The SMILES string of the molecule is CC1=CCN(c2ccc(C(C)N)c(O)c2)CC1. The molecule has 3 N–H and O–H groups in total. The first-order valence-electron chi connectivity index (χ1n) is 6.07. The van der Waals surface area contributed by atoms with Crippen LogP contribution in [-0.2, 0) is 0 Å². The van der Waals surface area contributed by atoms with Crippen molar-refractivity contribution in [2.75, 3.05) is 18.0 Å². The monoisotopic (exact) mass is 232 g/mol. The lowest BCUT2D eigenvalue weighted by molar-refractivity contribution is 0.463. The average Bonchev–Trinajstić information content (AvgIpc) is 2.29. The van der Waals surface area contributed by atoms with E-state index in [-0.39, 0.29) is 6.04 Å². The van der Waals surface area contributed by atoms with Crippen LogP contribution in [0.15, 0.2) is 29.8 Å². The molecule has 0 bridgehead atoms. The molecule has 0 aromatic heterocycles. The summed E-state index contributed by atoms with van der Waals surface area (Å²) in [7, 11) is 0. The lowest BCUT2D eigenvalue weighted by Gasteiger charge is -2.28. The Hall–Kier alpha value is -1.48. The van der Waals surface area contributed by atoms with Crippen molar-refractivity contribution in [1.82, 2.24) is 0 Å². The number of hydrogen-bond acceptors (Lipinski definition) is 3. The summed E-state index contributed by atoms with van der Waals surface area (Å²) in [6.45, 7) is 5.97. The standard InChI is InChI=1S/C14H20N2O/c1-10-5-7-16(8-6-10)12-3-4-13(11(2)15)14(17)9-12/h3-5,9,11,17H,6-8,15H2,1-2H3. The first-order chi connectivity index (χ1) is 8.08. The van der Waals surface area contributed by atoms with Gasteiger partial charge in [0.1, 0.15) is 5.75 Å². The van der Waals surface area contributed by atoms with Crippen LogP contribution in [0.2, 0.25) is 0 Å². The van der Waals surface area contributed by atoms with E-state index >= 15 is 0 Å². The van der Waals surface area contributed by atoms with Crippen molar-refractivity contribution in [2.45, 2.75) is 26.3 Å². The second kappa shape index (κ2) is 4.80.